The van der Waals surface area contributed by atoms with E-state index in [9.17, 15) is 8.42 Å². The van der Waals surface area contributed by atoms with Crippen LogP contribution in [-0.4, -0.2) is 8.42 Å². The average Bonchev–Trinajstić information content (AvgIpc) is 2.38. The normalized spacial score (nSPS) is 10.7. The molecule has 0 amide bonds. The average molecular weight is 294 g/mol. The molecule has 0 saturated heterocycles. The molecule has 0 saturated carbocycles. The highest BCUT2D eigenvalue weighted by Gasteiger charge is 2.17. The van der Waals surface area contributed by atoms with E-state index in [1.54, 1.807) is 18.2 Å². The molecule has 96 valence electrons. The fourth-order valence-corrected chi connectivity index (χ4v) is 2.64. The molecule has 0 aliphatic rings. The minimum absolute atomic E-state index is 0.0395. The lowest BCUT2D eigenvalue weighted by Gasteiger charge is -2.07. The van der Waals surface area contributed by atoms with Gasteiger partial charge in [0.25, 0.3) is 0 Å². The van der Waals surface area contributed by atoms with Crippen LogP contribution in [0.1, 0.15) is 5.56 Å². The lowest BCUT2D eigenvalue weighted by molar-refractivity contribution is 0.486. The largest absolute Gasteiger partial charge is 0.379 e. The highest BCUT2D eigenvalue weighted by molar-refractivity contribution is 7.87. The van der Waals surface area contributed by atoms with Gasteiger partial charge < -0.3 is 4.18 Å². The molecule has 0 aromatic heterocycles. The first-order valence-electron chi connectivity index (χ1n) is 5.21. The fraction of sp³-hybridized carbons (Fsp3) is 0. The molecule has 0 radical (unpaired) electrons. The Morgan fingerprint density at radius 1 is 1.11 bits per heavy atom. The van der Waals surface area contributed by atoms with Gasteiger partial charge in [-0.2, -0.15) is 13.7 Å². The van der Waals surface area contributed by atoms with E-state index >= 15 is 0 Å². The zero-order valence-electron chi connectivity index (χ0n) is 9.58. The van der Waals surface area contributed by atoms with Crippen LogP contribution in [0, 0.1) is 11.3 Å². The number of hydrogen-bond donors (Lipinski definition) is 0. The summed E-state index contributed by atoms with van der Waals surface area (Å²) in [5, 5.41) is 9.04. The van der Waals surface area contributed by atoms with Crippen molar-refractivity contribution in [1.82, 2.24) is 0 Å². The Morgan fingerprint density at radius 3 is 2.53 bits per heavy atom. The highest BCUT2D eigenvalue weighted by Crippen LogP contribution is 2.21. The van der Waals surface area contributed by atoms with Crippen molar-refractivity contribution in [3.05, 3.63) is 59.1 Å². The maximum atomic E-state index is 12.0. The van der Waals surface area contributed by atoms with Gasteiger partial charge in [0.15, 0.2) is 0 Å². The van der Waals surface area contributed by atoms with E-state index in [0.717, 1.165) is 0 Å². The first-order chi connectivity index (χ1) is 9.01. The number of benzene rings is 2. The van der Waals surface area contributed by atoms with E-state index in [-0.39, 0.29) is 10.6 Å². The van der Waals surface area contributed by atoms with Crippen molar-refractivity contribution in [3.8, 4) is 11.8 Å². The van der Waals surface area contributed by atoms with Crippen molar-refractivity contribution in [2.45, 2.75) is 4.90 Å². The number of rotatable bonds is 3. The van der Waals surface area contributed by atoms with Crippen LogP contribution in [0.2, 0.25) is 5.02 Å². The lowest BCUT2D eigenvalue weighted by Crippen LogP contribution is -2.09. The maximum absolute atomic E-state index is 12.0. The minimum atomic E-state index is -3.95. The van der Waals surface area contributed by atoms with Crippen LogP contribution in [0.5, 0.6) is 5.75 Å². The summed E-state index contributed by atoms with van der Waals surface area (Å²) >= 11 is 5.74. The Labute approximate surface area is 115 Å². The topological polar surface area (TPSA) is 67.2 Å². The third-order valence-electron chi connectivity index (χ3n) is 2.25. The molecule has 0 heterocycles. The molecule has 0 fully saturated rings. The first kappa shape index (κ1) is 13.4. The van der Waals surface area contributed by atoms with Crippen molar-refractivity contribution >= 4 is 21.7 Å². The van der Waals surface area contributed by atoms with E-state index in [4.69, 9.17) is 21.0 Å². The molecule has 0 aliphatic carbocycles. The fourth-order valence-electron chi connectivity index (χ4n) is 1.41. The molecular weight excluding hydrogens is 286 g/mol. The second-order valence-electron chi connectivity index (χ2n) is 3.63. The molecule has 0 spiro atoms. The smallest absolute Gasteiger partial charge is 0.339 e. The van der Waals surface area contributed by atoms with Gasteiger partial charge in [-0.1, -0.05) is 23.7 Å². The second kappa shape index (κ2) is 5.31. The molecule has 0 unspecified atom stereocenters. The molecule has 19 heavy (non-hydrogen) atoms. The molecule has 2 rings (SSSR count). The van der Waals surface area contributed by atoms with Gasteiger partial charge in [0.1, 0.15) is 10.6 Å². The number of nitrogens with zero attached hydrogens (tertiary/aromatic N) is 1. The summed E-state index contributed by atoms with van der Waals surface area (Å²) < 4.78 is 28.9. The molecule has 2 aromatic carbocycles. The van der Waals surface area contributed by atoms with Crippen molar-refractivity contribution in [3.63, 3.8) is 0 Å². The summed E-state index contributed by atoms with van der Waals surface area (Å²) in [5.41, 5.74) is 0.318. The van der Waals surface area contributed by atoms with Gasteiger partial charge in [-0.05, 0) is 36.4 Å². The molecule has 6 heteroatoms. The van der Waals surface area contributed by atoms with E-state index in [2.05, 4.69) is 0 Å². The number of hydrogen-bond acceptors (Lipinski definition) is 4. The Balaban J connectivity index is 2.34. The van der Waals surface area contributed by atoms with E-state index in [1.165, 1.54) is 30.3 Å². The summed E-state index contributed by atoms with van der Waals surface area (Å²) in [5.74, 6) is 0.0824. The maximum Gasteiger partial charge on any atom is 0.339 e. The molecule has 0 bridgehead atoms. The quantitative estimate of drug-likeness (QED) is 0.816. The predicted octanol–water partition coefficient (Wildman–Crippen LogP) is 2.98. The van der Waals surface area contributed by atoms with Gasteiger partial charge in [-0.15, -0.1) is 0 Å². The van der Waals surface area contributed by atoms with Crippen LogP contribution in [0.4, 0.5) is 0 Å². The van der Waals surface area contributed by atoms with Crippen LogP contribution in [0.15, 0.2) is 53.4 Å². The highest BCUT2D eigenvalue weighted by atomic mass is 35.5. The van der Waals surface area contributed by atoms with Crippen LogP contribution in [0.25, 0.3) is 0 Å². The summed E-state index contributed by atoms with van der Waals surface area (Å²) in [7, 11) is -3.95. The number of halogens is 1. The molecule has 0 aliphatic heterocycles. The Kier molecular flexibility index (Phi) is 3.74. The van der Waals surface area contributed by atoms with Gasteiger partial charge in [-0.3, -0.25) is 0 Å². The van der Waals surface area contributed by atoms with Crippen LogP contribution < -0.4 is 4.18 Å². The van der Waals surface area contributed by atoms with Gasteiger partial charge in [0.2, 0.25) is 0 Å². The zero-order chi connectivity index (χ0) is 13.9. The molecular formula is C13H8ClNO3S. The van der Waals surface area contributed by atoms with E-state index in [1.807, 2.05) is 6.07 Å². The SMILES string of the molecule is N#Cc1cccc(OS(=O)(=O)c2cccc(Cl)c2)c1. The van der Waals surface area contributed by atoms with E-state index in [0.29, 0.717) is 10.6 Å². The van der Waals surface area contributed by atoms with Crippen molar-refractivity contribution in [2.75, 3.05) is 0 Å². The standard InChI is InChI=1S/C13H8ClNO3S/c14-11-4-2-6-13(8-11)19(16,17)18-12-5-1-3-10(7-12)9-15/h1-8H. The van der Waals surface area contributed by atoms with Crippen molar-refractivity contribution in [1.29, 1.82) is 5.26 Å². The van der Waals surface area contributed by atoms with Crippen molar-refractivity contribution in [2.24, 2.45) is 0 Å². The van der Waals surface area contributed by atoms with E-state index < -0.39 is 10.1 Å². The van der Waals surface area contributed by atoms with Crippen LogP contribution >= 0.6 is 11.6 Å². The van der Waals surface area contributed by atoms with Crippen LogP contribution in [-0.2, 0) is 10.1 Å². The molecule has 0 N–H and O–H groups in total. The summed E-state index contributed by atoms with van der Waals surface area (Å²) in [6.07, 6.45) is 0. The number of nitriles is 1. The Bertz CT molecular complexity index is 750. The molecule has 2 aromatic rings. The third-order valence-corrected chi connectivity index (χ3v) is 3.73. The first-order valence-corrected chi connectivity index (χ1v) is 7.00. The molecule has 4 nitrogen and oxygen atoms in total. The lowest BCUT2D eigenvalue weighted by atomic mass is 10.2. The zero-order valence-corrected chi connectivity index (χ0v) is 11.1. The van der Waals surface area contributed by atoms with Gasteiger partial charge in [-0.25, -0.2) is 0 Å². The minimum Gasteiger partial charge on any atom is -0.379 e. The van der Waals surface area contributed by atoms with Gasteiger partial charge in [0.05, 0.1) is 11.6 Å². The van der Waals surface area contributed by atoms with Crippen molar-refractivity contribution < 1.29 is 12.6 Å². The van der Waals surface area contributed by atoms with Gasteiger partial charge >= 0.3 is 10.1 Å². The third kappa shape index (κ3) is 3.25. The monoisotopic (exact) mass is 293 g/mol. The summed E-state index contributed by atoms with van der Waals surface area (Å²) in [6.45, 7) is 0. The predicted molar refractivity (Wildman–Crippen MR) is 70.4 cm³/mol. The Morgan fingerprint density at radius 2 is 1.84 bits per heavy atom. The Hall–Kier alpha value is -2.03. The van der Waals surface area contributed by atoms with Gasteiger partial charge in [0, 0.05) is 5.02 Å². The van der Waals surface area contributed by atoms with Crippen LogP contribution in [0.3, 0.4) is 0 Å². The summed E-state index contributed by atoms with van der Waals surface area (Å²) in [6, 6.07) is 13.6. The summed E-state index contributed by atoms with van der Waals surface area (Å²) in [4.78, 5) is -0.0395. The molecule has 0 atom stereocenters. The second-order valence-corrected chi connectivity index (χ2v) is 5.62.